The molecule has 2 aromatic heterocycles. The molecule has 1 atom stereocenters. The molecule has 4 rings (SSSR count). The first-order valence-electron chi connectivity index (χ1n) is 9.60. The zero-order chi connectivity index (χ0) is 19.5. The number of ether oxygens (including phenoxy) is 1. The van der Waals surface area contributed by atoms with Crippen molar-refractivity contribution in [3.05, 3.63) is 81.9 Å². The minimum Gasteiger partial charge on any atom is -0.369 e. The summed E-state index contributed by atoms with van der Waals surface area (Å²) in [6.07, 6.45) is 2.72. The van der Waals surface area contributed by atoms with Gasteiger partial charge >= 0.3 is 0 Å². The van der Waals surface area contributed by atoms with Gasteiger partial charge in [-0.3, -0.25) is 14.6 Å². The Morgan fingerprint density at radius 3 is 2.86 bits per heavy atom. The molecule has 0 N–H and O–H groups in total. The Morgan fingerprint density at radius 1 is 1.21 bits per heavy atom. The van der Waals surface area contributed by atoms with Gasteiger partial charge in [-0.15, -0.1) is 0 Å². The molecule has 1 saturated heterocycles. The normalized spacial score (nSPS) is 17.8. The van der Waals surface area contributed by atoms with Crippen molar-refractivity contribution >= 4 is 11.6 Å². The number of morpholine rings is 1. The van der Waals surface area contributed by atoms with Crippen LogP contribution in [0.1, 0.15) is 34.3 Å². The summed E-state index contributed by atoms with van der Waals surface area (Å²) in [5, 5.41) is 5.11. The van der Waals surface area contributed by atoms with E-state index in [4.69, 9.17) is 21.3 Å². The van der Waals surface area contributed by atoms with Gasteiger partial charge < -0.3 is 4.74 Å². The number of hydrogen-bond acceptors (Lipinski definition) is 4. The van der Waals surface area contributed by atoms with Gasteiger partial charge in [0.15, 0.2) is 0 Å². The van der Waals surface area contributed by atoms with Crippen molar-refractivity contribution in [2.75, 3.05) is 19.7 Å². The van der Waals surface area contributed by atoms with Crippen LogP contribution in [0, 0.1) is 6.92 Å². The number of hydrogen-bond donors (Lipinski definition) is 0. The molecule has 3 aromatic rings. The Balaban J connectivity index is 1.45. The lowest BCUT2D eigenvalue weighted by molar-refractivity contribution is -0.0351. The SMILES string of the molecule is Cc1c(CN2CCO[C@H](c3cccc(Cc4cccc(Cl)c4)n3)C2)cnn1C. The standard InChI is InChI=1S/C22H25ClN4O/c1-16-18(13-24-26(16)2)14-27-9-10-28-22(15-27)21-8-4-7-20(25-21)12-17-5-3-6-19(23)11-17/h3-8,11,13,22H,9-10,12,14-15H2,1-2H3/t22-/m0/s1. The molecule has 0 saturated carbocycles. The molecule has 0 bridgehead atoms. The van der Waals surface area contributed by atoms with E-state index in [1.54, 1.807) is 0 Å². The molecule has 6 heteroatoms. The average Bonchev–Trinajstić information content (AvgIpc) is 3.01. The van der Waals surface area contributed by atoms with Gasteiger partial charge in [-0.05, 0) is 36.8 Å². The highest BCUT2D eigenvalue weighted by molar-refractivity contribution is 6.30. The molecule has 0 aliphatic carbocycles. The van der Waals surface area contributed by atoms with Crippen molar-refractivity contribution in [2.45, 2.75) is 26.0 Å². The molecule has 1 aromatic carbocycles. The Labute approximate surface area is 170 Å². The van der Waals surface area contributed by atoms with Gasteiger partial charge in [0.05, 0.1) is 18.5 Å². The van der Waals surface area contributed by atoms with Crippen LogP contribution in [0.25, 0.3) is 0 Å². The third-order valence-corrected chi connectivity index (χ3v) is 5.55. The van der Waals surface area contributed by atoms with Gasteiger partial charge in [0.1, 0.15) is 6.10 Å². The van der Waals surface area contributed by atoms with Crippen LogP contribution in [-0.4, -0.2) is 39.4 Å². The van der Waals surface area contributed by atoms with Crippen LogP contribution in [-0.2, 0) is 24.8 Å². The van der Waals surface area contributed by atoms with Crippen molar-refractivity contribution in [1.29, 1.82) is 0 Å². The van der Waals surface area contributed by atoms with Crippen LogP contribution in [0.3, 0.4) is 0 Å². The number of rotatable bonds is 5. The number of benzene rings is 1. The molecule has 1 fully saturated rings. The summed E-state index contributed by atoms with van der Waals surface area (Å²) in [5.74, 6) is 0. The van der Waals surface area contributed by atoms with Crippen LogP contribution in [0.5, 0.6) is 0 Å². The summed E-state index contributed by atoms with van der Waals surface area (Å²) >= 11 is 6.11. The lowest BCUT2D eigenvalue weighted by atomic mass is 10.1. The highest BCUT2D eigenvalue weighted by Gasteiger charge is 2.24. The molecule has 28 heavy (non-hydrogen) atoms. The van der Waals surface area contributed by atoms with E-state index < -0.39 is 0 Å². The molecule has 146 valence electrons. The first-order chi connectivity index (χ1) is 13.6. The van der Waals surface area contributed by atoms with E-state index in [1.165, 1.54) is 11.3 Å². The van der Waals surface area contributed by atoms with Gasteiger partial charge in [0.2, 0.25) is 0 Å². The van der Waals surface area contributed by atoms with E-state index in [9.17, 15) is 0 Å². The molecule has 0 amide bonds. The molecule has 1 aliphatic heterocycles. The Bertz CT molecular complexity index is 955. The number of halogens is 1. The molecule has 5 nitrogen and oxygen atoms in total. The van der Waals surface area contributed by atoms with Gasteiger partial charge in [-0.2, -0.15) is 5.10 Å². The van der Waals surface area contributed by atoms with E-state index in [2.05, 4.69) is 41.2 Å². The third kappa shape index (κ3) is 4.43. The average molecular weight is 397 g/mol. The van der Waals surface area contributed by atoms with Crippen LogP contribution in [0.2, 0.25) is 5.02 Å². The van der Waals surface area contributed by atoms with Gasteiger partial charge in [0.25, 0.3) is 0 Å². The lowest BCUT2D eigenvalue weighted by Gasteiger charge is -2.32. The Morgan fingerprint density at radius 2 is 2.07 bits per heavy atom. The van der Waals surface area contributed by atoms with E-state index in [0.29, 0.717) is 6.61 Å². The minimum atomic E-state index is -0.00922. The summed E-state index contributed by atoms with van der Waals surface area (Å²) in [4.78, 5) is 7.29. The molecule has 0 radical (unpaired) electrons. The first-order valence-corrected chi connectivity index (χ1v) is 9.98. The molecular formula is C22H25ClN4O. The maximum Gasteiger partial charge on any atom is 0.112 e. The number of nitrogens with zero attached hydrogens (tertiary/aromatic N) is 4. The van der Waals surface area contributed by atoms with Crippen LogP contribution >= 0.6 is 11.6 Å². The predicted octanol–water partition coefficient (Wildman–Crippen LogP) is 3.94. The summed E-state index contributed by atoms with van der Waals surface area (Å²) in [6, 6.07) is 14.1. The second-order valence-corrected chi connectivity index (χ2v) is 7.77. The fraction of sp³-hybridized carbons (Fsp3) is 0.364. The largest absolute Gasteiger partial charge is 0.369 e. The highest BCUT2D eigenvalue weighted by Crippen LogP contribution is 2.23. The maximum atomic E-state index is 6.11. The second kappa shape index (κ2) is 8.43. The van der Waals surface area contributed by atoms with Crippen molar-refractivity contribution < 1.29 is 4.74 Å². The summed E-state index contributed by atoms with van der Waals surface area (Å²) in [6.45, 7) is 5.47. The zero-order valence-electron chi connectivity index (χ0n) is 16.3. The van der Waals surface area contributed by atoms with Crippen molar-refractivity contribution in [3.8, 4) is 0 Å². The molecule has 1 aliphatic rings. The monoisotopic (exact) mass is 396 g/mol. The molecular weight excluding hydrogens is 372 g/mol. The number of pyridine rings is 1. The Kier molecular flexibility index (Phi) is 5.76. The van der Waals surface area contributed by atoms with E-state index in [0.717, 1.165) is 48.0 Å². The molecule has 0 unspecified atom stereocenters. The van der Waals surface area contributed by atoms with E-state index in [1.807, 2.05) is 36.1 Å². The maximum absolute atomic E-state index is 6.11. The van der Waals surface area contributed by atoms with Crippen molar-refractivity contribution in [2.24, 2.45) is 7.05 Å². The molecule has 0 spiro atoms. The van der Waals surface area contributed by atoms with Crippen LogP contribution in [0.15, 0.2) is 48.7 Å². The van der Waals surface area contributed by atoms with Crippen molar-refractivity contribution in [1.82, 2.24) is 19.7 Å². The third-order valence-electron chi connectivity index (χ3n) is 5.31. The first kappa shape index (κ1) is 19.1. The smallest absolute Gasteiger partial charge is 0.112 e. The lowest BCUT2D eigenvalue weighted by Crippen LogP contribution is -2.38. The summed E-state index contributed by atoms with van der Waals surface area (Å²) in [7, 11) is 1.98. The number of aromatic nitrogens is 3. The van der Waals surface area contributed by atoms with E-state index in [-0.39, 0.29) is 6.10 Å². The number of aryl methyl sites for hydroxylation is 1. The fourth-order valence-corrected chi connectivity index (χ4v) is 3.81. The topological polar surface area (TPSA) is 43.2 Å². The van der Waals surface area contributed by atoms with Crippen LogP contribution in [0.4, 0.5) is 0 Å². The van der Waals surface area contributed by atoms with Gasteiger partial charge in [-0.1, -0.05) is 29.8 Å². The summed E-state index contributed by atoms with van der Waals surface area (Å²) < 4.78 is 7.97. The minimum absolute atomic E-state index is 0.00922. The molecule has 3 heterocycles. The second-order valence-electron chi connectivity index (χ2n) is 7.33. The van der Waals surface area contributed by atoms with Gasteiger partial charge in [0, 0.05) is 55.1 Å². The zero-order valence-corrected chi connectivity index (χ0v) is 17.1. The predicted molar refractivity (Wildman–Crippen MR) is 110 cm³/mol. The van der Waals surface area contributed by atoms with Gasteiger partial charge in [-0.25, -0.2) is 0 Å². The van der Waals surface area contributed by atoms with Crippen molar-refractivity contribution in [3.63, 3.8) is 0 Å². The van der Waals surface area contributed by atoms with Crippen LogP contribution < -0.4 is 0 Å². The fourth-order valence-electron chi connectivity index (χ4n) is 3.60. The van der Waals surface area contributed by atoms with E-state index >= 15 is 0 Å². The quantitative estimate of drug-likeness (QED) is 0.655. The summed E-state index contributed by atoms with van der Waals surface area (Å²) in [5.41, 5.74) is 5.67. The highest BCUT2D eigenvalue weighted by atomic mass is 35.5. The Hall–Kier alpha value is -2.21.